The van der Waals surface area contributed by atoms with Crippen LogP contribution in [0.2, 0.25) is 0 Å². The molecular formula is C20H24N2OS. The Morgan fingerprint density at radius 1 is 1.17 bits per heavy atom. The molecule has 1 heterocycles. The van der Waals surface area contributed by atoms with Crippen molar-refractivity contribution in [2.24, 2.45) is 0 Å². The summed E-state index contributed by atoms with van der Waals surface area (Å²) >= 11 is 5.48. The zero-order chi connectivity index (χ0) is 17.3. The minimum absolute atomic E-state index is 0.443. The van der Waals surface area contributed by atoms with Gasteiger partial charge < -0.3 is 14.3 Å². The fourth-order valence-corrected chi connectivity index (χ4v) is 3.33. The van der Waals surface area contributed by atoms with Gasteiger partial charge in [0.25, 0.3) is 0 Å². The highest BCUT2D eigenvalue weighted by molar-refractivity contribution is 7.71. The molecule has 0 amide bonds. The smallest absolute Gasteiger partial charge is 0.178 e. The number of H-pyrrole nitrogens is 1. The number of ether oxygens (including phenoxy) is 1. The summed E-state index contributed by atoms with van der Waals surface area (Å²) in [5.41, 5.74) is 5.92. The van der Waals surface area contributed by atoms with Gasteiger partial charge in [-0.1, -0.05) is 38.1 Å². The maximum Gasteiger partial charge on any atom is 0.178 e. The van der Waals surface area contributed by atoms with E-state index in [9.17, 15) is 0 Å². The van der Waals surface area contributed by atoms with Crippen molar-refractivity contribution in [2.45, 2.75) is 40.2 Å². The van der Waals surface area contributed by atoms with Crippen molar-refractivity contribution in [3.63, 3.8) is 0 Å². The average Bonchev–Trinajstić information content (AvgIpc) is 2.85. The molecule has 1 N–H and O–H groups in total. The molecule has 0 saturated heterocycles. The van der Waals surface area contributed by atoms with Crippen molar-refractivity contribution in [2.75, 3.05) is 6.61 Å². The molecule has 0 aliphatic heterocycles. The summed E-state index contributed by atoms with van der Waals surface area (Å²) in [6, 6.07) is 12.7. The first-order valence-electron chi connectivity index (χ1n) is 8.39. The normalized spacial score (nSPS) is 11.4. The molecule has 0 unspecified atom stereocenters. The maximum absolute atomic E-state index is 6.11. The zero-order valence-corrected chi connectivity index (χ0v) is 15.5. The van der Waals surface area contributed by atoms with Crippen LogP contribution in [0.25, 0.3) is 11.0 Å². The molecule has 0 saturated carbocycles. The van der Waals surface area contributed by atoms with Gasteiger partial charge in [-0.2, -0.15) is 0 Å². The molecule has 0 fully saturated rings. The molecule has 2 aromatic carbocycles. The molecule has 0 atom stereocenters. The van der Waals surface area contributed by atoms with E-state index in [2.05, 4.69) is 73.6 Å². The maximum atomic E-state index is 6.11. The summed E-state index contributed by atoms with van der Waals surface area (Å²) in [5, 5.41) is 0. The van der Waals surface area contributed by atoms with Crippen LogP contribution >= 0.6 is 12.2 Å². The molecule has 3 nitrogen and oxygen atoms in total. The Hall–Kier alpha value is -2.07. The molecular weight excluding hydrogens is 316 g/mol. The number of hydrogen-bond donors (Lipinski definition) is 1. The summed E-state index contributed by atoms with van der Waals surface area (Å²) in [5.74, 6) is 1.42. The number of para-hydroxylation sites is 1. The van der Waals surface area contributed by atoms with Crippen molar-refractivity contribution >= 4 is 23.3 Å². The van der Waals surface area contributed by atoms with Crippen LogP contribution in [0.5, 0.6) is 5.75 Å². The second-order valence-electron chi connectivity index (χ2n) is 6.60. The predicted octanol–water partition coefficient (Wildman–Crippen LogP) is 5.52. The Bertz CT molecular complexity index is 921. The summed E-state index contributed by atoms with van der Waals surface area (Å²) in [6.45, 7) is 9.89. The van der Waals surface area contributed by atoms with Gasteiger partial charge in [0.15, 0.2) is 4.77 Å². The number of imidazole rings is 1. The van der Waals surface area contributed by atoms with Crippen LogP contribution in [0, 0.1) is 18.6 Å². The molecule has 126 valence electrons. The number of rotatable bonds is 5. The first-order valence-corrected chi connectivity index (χ1v) is 8.79. The number of aromatic amines is 1. The number of aryl methyl sites for hydroxylation is 2. The quantitative estimate of drug-likeness (QED) is 0.620. The zero-order valence-electron chi connectivity index (χ0n) is 14.7. The average molecular weight is 340 g/mol. The van der Waals surface area contributed by atoms with E-state index < -0.39 is 0 Å². The highest BCUT2D eigenvalue weighted by Crippen LogP contribution is 2.27. The topological polar surface area (TPSA) is 29.9 Å². The van der Waals surface area contributed by atoms with E-state index in [1.807, 2.05) is 0 Å². The first kappa shape index (κ1) is 16.8. The van der Waals surface area contributed by atoms with Gasteiger partial charge in [0.05, 0.1) is 17.6 Å². The summed E-state index contributed by atoms with van der Waals surface area (Å²) in [4.78, 5) is 3.30. The monoisotopic (exact) mass is 340 g/mol. The van der Waals surface area contributed by atoms with Gasteiger partial charge in [-0.15, -0.1) is 0 Å². The molecule has 3 rings (SSSR count). The van der Waals surface area contributed by atoms with Crippen LogP contribution in [0.3, 0.4) is 0 Å². The van der Waals surface area contributed by atoms with E-state index in [4.69, 9.17) is 17.0 Å². The molecule has 0 spiro atoms. The van der Waals surface area contributed by atoms with E-state index in [1.54, 1.807) is 0 Å². The van der Waals surface area contributed by atoms with Gasteiger partial charge >= 0.3 is 0 Å². The number of aromatic nitrogens is 2. The standard InChI is InChI=1S/C20H24N2OS/c1-13(2)16-9-8-14(3)12-18(16)23-11-10-22-17-7-5-6-15(4)19(17)21-20(22)24/h5-9,12-13H,10-11H2,1-4H3,(H,21,24). The van der Waals surface area contributed by atoms with E-state index in [-0.39, 0.29) is 0 Å². The SMILES string of the molecule is Cc1ccc(C(C)C)c(OCCn2c(=S)[nH]c3c(C)cccc32)c1. The molecule has 1 aromatic heterocycles. The molecule has 0 bridgehead atoms. The Kier molecular flexibility index (Phi) is 4.76. The number of benzene rings is 2. The third kappa shape index (κ3) is 3.24. The molecule has 0 radical (unpaired) electrons. The van der Waals surface area contributed by atoms with E-state index in [0.29, 0.717) is 12.5 Å². The number of nitrogens with one attached hydrogen (secondary N) is 1. The van der Waals surface area contributed by atoms with Crippen LogP contribution in [-0.2, 0) is 6.54 Å². The van der Waals surface area contributed by atoms with Gasteiger partial charge in [-0.25, -0.2) is 0 Å². The van der Waals surface area contributed by atoms with Crippen LogP contribution in [0.1, 0.15) is 36.5 Å². The van der Waals surface area contributed by atoms with Gasteiger partial charge in [0.2, 0.25) is 0 Å². The lowest BCUT2D eigenvalue weighted by Gasteiger charge is -2.15. The number of nitrogens with zero attached hydrogens (tertiary/aromatic N) is 1. The Morgan fingerprint density at radius 2 is 1.96 bits per heavy atom. The molecule has 3 aromatic rings. The van der Waals surface area contributed by atoms with Crippen molar-refractivity contribution in [1.29, 1.82) is 0 Å². The summed E-state index contributed by atoms with van der Waals surface area (Å²) in [6.07, 6.45) is 0. The van der Waals surface area contributed by atoms with Crippen molar-refractivity contribution < 1.29 is 4.74 Å². The lowest BCUT2D eigenvalue weighted by molar-refractivity contribution is 0.295. The van der Waals surface area contributed by atoms with E-state index >= 15 is 0 Å². The molecule has 24 heavy (non-hydrogen) atoms. The van der Waals surface area contributed by atoms with Crippen LogP contribution in [0.15, 0.2) is 36.4 Å². The molecule has 4 heteroatoms. The van der Waals surface area contributed by atoms with Crippen LogP contribution in [-0.4, -0.2) is 16.2 Å². The largest absolute Gasteiger partial charge is 0.491 e. The lowest BCUT2D eigenvalue weighted by Crippen LogP contribution is -2.09. The Balaban J connectivity index is 1.81. The molecule has 0 aliphatic carbocycles. The lowest BCUT2D eigenvalue weighted by atomic mass is 10.0. The second-order valence-corrected chi connectivity index (χ2v) is 6.98. The fraction of sp³-hybridized carbons (Fsp3) is 0.350. The van der Waals surface area contributed by atoms with Gasteiger partial charge in [0, 0.05) is 0 Å². The van der Waals surface area contributed by atoms with E-state index in [0.717, 1.165) is 28.1 Å². The van der Waals surface area contributed by atoms with Crippen molar-refractivity contribution in [3.8, 4) is 5.75 Å². The molecule has 0 aliphatic rings. The highest BCUT2D eigenvalue weighted by atomic mass is 32.1. The number of hydrogen-bond acceptors (Lipinski definition) is 2. The van der Waals surface area contributed by atoms with E-state index in [1.165, 1.54) is 16.7 Å². The van der Waals surface area contributed by atoms with Gasteiger partial charge in [-0.05, 0) is 60.8 Å². The Labute approximate surface area is 148 Å². The van der Waals surface area contributed by atoms with Crippen molar-refractivity contribution in [1.82, 2.24) is 9.55 Å². The summed E-state index contributed by atoms with van der Waals surface area (Å²) in [7, 11) is 0. The third-order valence-electron chi connectivity index (χ3n) is 4.38. The first-order chi connectivity index (χ1) is 11.5. The minimum atomic E-state index is 0.443. The Morgan fingerprint density at radius 3 is 2.71 bits per heavy atom. The van der Waals surface area contributed by atoms with Gasteiger partial charge in [-0.3, -0.25) is 0 Å². The minimum Gasteiger partial charge on any atom is -0.491 e. The van der Waals surface area contributed by atoms with Crippen molar-refractivity contribution in [3.05, 3.63) is 57.9 Å². The fourth-order valence-electron chi connectivity index (χ4n) is 3.04. The van der Waals surface area contributed by atoms with Crippen LogP contribution < -0.4 is 4.74 Å². The summed E-state index contributed by atoms with van der Waals surface area (Å²) < 4.78 is 8.97. The third-order valence-corrected chi connectivity index (χ3v) is 4.70. The second kappa shape index (κ2) is 6.81. The van der Waals surface area contributed by atoms with Crippen LogP contribution in [0.4, 0.5) is 0 Å². The van der Waals surface area contributed by atoms with Gasteiger partial charge in [0.1, 0.15) is 12.4 Å². The number of fused-ring (bicyclic) bond motifs is 1. The highest BCUT2D eigenvalue weighted by Gasteiger charge is 2.10. The predicted molar refractivity (Wildman–Crippen MR) is 103 cm³/mol.